The Balaban J connectivity index is 2.16. The molecule has 0 radical (unpaired) electrons. The summed E-state index contributed by atoms with van der Waals surface area (Å²) in [5.74, 6) is -0.824. The zero-order chi connectivity index (χ0) is 13.3. The maximum atomic E-state index is 11.9. The van der Waals surface area contributed by atoms with Crippen molar-refractivity contribution in [1.29, 1.82) is 0 Å². The molecule has 0 aromatic heterocycles. The maximum Gasteiger partial charge on any atom is 0.307 e. The van der Waals surface area contributed by atoms with E-state index in [0.717, 1.165) is 5.56 Å². The average molecular weight is 286 g/mol. The number of hydrogen-bond acceptors (Lipinski definition) is 4. The molecule has 0 aliphatic carbocycles. The predicted octanol–water partition coefficient (Wildman–Crippen LogP) is 1.97. The highest BCUT2D eigenvalue weighted by Crippen LogP contribution is 2.42. The molecule has 1 aromatic carbocycles. The van der Waals surface area contributed by atoms with Gasteiger partial charge >= 0.3 is 5.97 Å². The van der Waals surface area contributed by atoms with E-state index in [2.05, 4.69) is 0 Å². The summed E-state index contributed by atoms with van der Waals surface area (Å²) in [4.78, 5) is 11.1. The van der Waals surface area contributed by atoms with Gasteiger partial charge in [-0.3, -0.25) is 4.79 Å². The van der Waals surface area contributed by atoms with Crippen molar-refractivity contribution >= 4 is 27.6 Å². The van der Waals surface area contributed by atoms with E-state index in [-0.39, 0.29) is 11.0 Å². The number of carbonyl (C=O) groups is 1. The summed E-state index contributed by atoms with van der Waals surface area (Å²) < 4.78 is 23.8. The van der Waals surface area contributed by atoms with Gasteiger partial charge in [-0.25, -0.2) is 8.42 Å². The normalized spacial score (nSPS) is 22.4. The second-order valence-corrected chi connectivity index (χ2v) is 7.62. The van der Waals surface area contributed by atoms with Crippen LogP contribution in [0.25, 0.3) is 0 Å². The predicted molar refractivity (Wildman–Crippen MR) is 70.5 cm³/mol. The molecule has 2 unspecified atom stereocenters. The lowest BCUT2D eigenvalue weighted by Gasteiger charge is -2.11. The molecule has 0 saturated carbocycles. The van der Waals surface area contributed by atoms with E-state index in [0.29, 0.717) is 10.6 Å². The van der Waals surface area contributed by atoms with E-state index in [1.807, 2.05) is 12.1 Å². The molecule has 1 aromatic rings. The lowest BCUT2D eigenvalue weighted by molar-refractivity contribution is -0.140. The Hall–Kier alpha value is -1.01. The van der Waals surface area contributed by atoms with Crippen LogP contribution in [0.2, 0.25) is 0 Å². The van der Waals surface area contributed by atoms with Gasteiger partial charge < -0.3 is 5.11 Å². The summed E-state index contributed by atoms with van der Waals surface area (Å²) >= 11 is 1.41. The van der Waals surface area contributed by atoms with Gasteiger partial charge in [0, 0.05) is 11.0 Å². The molecular weight excluding hydrogens is 272 g/mol. The van der Waals surface area contributed by atoms with Crippen LogP contribution < -0.4 is 0 Å². The summed E-state index contributed by atoms with van der Waals surface area (Å²) in [6.45, 7) is 1.63. The second kappa shape index (κ2) is 4.93. The number of thioether (sulfide) groups is 1. The fourth-order valence-electron chi connectivity index (χ4n) is 1.88. The number of aliphatic carboxylic acids is 1. The van der Waals surface area contributed by atoms with Crippen molar-refractivity contribution in [3.8, 4) is 0 Å². The molecule has 2 rings (SSSR count). The molecule has 0 fully saturated rings. The van der Waals surface area contributed by atoms with Crippen molar-refractivity contribution < 1.29 is 18.3 Å². The van der Waals surface area contributed by atoms with Crippen LogP contribution >= 0.6 is 11.8 Å². The van der Waals surface area contributed by atoms with Crippen molar-refractivity contribution in [2.45, 2.75) is 17.1 Å². The fourth-order valence-corrected chi connectivity index (χ4v) is 5.54. The lowest BCUT2D eigenvalue weighted by Crippen LogP contribution is -2.13. The third-order valence-electron chi connectivity index (χ3n) is 2.94. The summed E-state index contributed by atoms with van der Waals surface area (Å²) in [5, 5.41) is 8.68. The zero-order valence-corrected chi connectivity index (χ0v) is 11.5. The number of fused-ring (bicyclic) bond motifs is 1. The lowest BCUT2D eigenvalue weighted by atomic mass is 10.2. The topological polar surface area (TPSA) is 71.4 Å². The summed E-state index contributed by atoms with van der Waals surface area (Å²) in [6.07, 6.45) is 0. The maximum absolute atomic E-state index is 11.9. The molecular formula is C12H14O4S2. The third-order valence-corrected chi connectivity index (χ3v) is 6.48. The molecule has 18 heavy (non-hydrogen) atoms. The molecule has 1 N–H and O–H groups in total. The monoisotopic (exact) mass is 286 g/mol. The third kappa shape index (κ3) is 2.54. The Morgan fingerprint density at radius 1 is 1.50 bits per heavy atom. The minimum atomic E-state index is -3.19. The van der Waals surface area contributed by atoms with Crippen LogP contribution in [0.5, 0.6) is 0 Å². The number of carboxylic acids is 1. The first-order valence-electron chi connectivity index (χ1n) is 5.58. The molecule has 0 bridgehead atoms. The zero-order valence-electron chi connectivity index (χ0n) is 9.87. The van der Waals surface area contributed by atoms with Gasteiger partial charge in [0.25, 0.3) is 0 Å². The number of sulfone groups is 1. The van der Waals surface area contributed by atoms with Gasteiger partial charge in [0.1, 0.15) is 0 Å². The molecule has 1 heterocycles. The van der Waals surface area contributed by atoms with E-state index >= 15 is 0 Å². The van der Waals surface area contributed by atoms with Crippen molar-refractivity contribution in [3.05, 3.63) is 29.8 Å². The Labute approximate surface area is 110 Å². The standard InChI is InChI=1S/C12H14O4S2/c1-8(12(13)14)6-17-10-7-18(15,16)11-5-3-2-4-9(10)11/h2-5,8,10H,6-7H2,1H3,(H,13,14). The van der Waals surface area contributed by atoms with Gasteiger partial charge in [-0.1, -0.05) is 25.1 Å². The van der Waals surface area contributed by atoms with Crippen LogP contribution in [0.1, 0.15) is 17.7 Å². The van der Waals surface area contributed by atoms with E-state index in [1.165, 1.54) is 11.8 Å². The molecule has 0 amide bonds. The highest BCUT2D eigenvalue weighted by atomic mass is 32.2. The van der Waals surface area contributed by atoms with Crippen LogP contribution in [0, 0.1) is 5.92 Å². The molecule has 0 saturated heterocycles. The van der Waals surface area contributed by atoms with E-state index in [9.17, 15) is 13.2 Å². The van der Waals surface area contributed by atoms with E-state index < -0.39 is 21.7 Å². The minimum absolute atomic E-state index is 0.0728. The van der Waals surface area contributed by atoms with Crippen molar-refractivity contribution in [3.63, 3.8) is 0 Å². The highest BCUT2D eigenvalue weighted by molar-refractivity contribution is 8.01. The number of rotatable bonds is 4. The molecule has 1 aliphatic heterocycles. The Bertz CT molecular complexity index is 565. The van der Waals surface area contributed by atoms with Gasteiger partial charge in [0.2, 0.25) is 0 Å². The highest BCUT2D eigenvalue weighted by Gasteiger charge is 2.34. The van der Waals surface area contributed by atoms with Crippen molar-refractivity contribution in [2.24, 2.45) is 5.92 Å². The summed E-state index contributed by atoms with van der Waals surface area (Å²) in [6, 6.07) is 6.95. The molecule has 0 spiro atoms. The van der Waals surface area contributed by atoms with Gasteiger partial charge in [0.05, 0.1) is 16.6 Å². The summed E-state index contributed by atoms with van der Waals surface area (Å²) in [7, 11) is -3.19. The van der Waals surface area contributed by atoms with E-state index in [1.54, 1.807) is 19.1 Å². The molecule has 1 aliphatic rings. The van der Waals surface area contributed by atoms with Crippen LogP contribution in [0.3, 0.4) is 0 Å². The van der Waals surface area contributed by atoms with Gasteiger partial charge in [-0.2, -0.15) is 11.8 Å². The van der Waals surface area contributed by atoms with Gasteiger partial charge in [0.15, 0.2) is 9.84 Å². The first-order chi connectivity index (χ1) is 8.42. The van der Waals surface area contributed by atoms with Crippen LogP contribution in [-0.4, -0.2) is 31.0 Å². The minimum Gasteiger partial charge on any atom is -0.481 e. The molecule has 2 atom stereocenters. The Kier molecular flexibility index (Phi) is 3.68. The first-order valence-corrected chi connectivity index (χ1v) is 8.28. The molecule has 6 heteroatoms. The quantitative estimate of drug-likeness (QED) is 0.916. The molecule has 4 nitrogen and oxygen atoms in total. The molecule has 98 valence electrons. The fraction of sp³-hybridized carbons (Fsp3) is 0.417. The van der Waals surface area contributed by atoms with E-state index in [4.69, 9.17) is 5.11 Å². The van der Waals surface area contributed by atoms with Crippen LogP contribution in [0.4, 0.5) is 0 Å². The Morgan fingerprint density at radius 3 is 2.83 bits per heavy atom. The van der Waals surface area contributed by atoms with Gasteiger partial charge in [-0.05, 0) is 11.6 Å². The smallest absolute Gasteiger partial charge is 0.307 e. The average Bonchev–Trinajstić information content (AvgIpc) is 2.59. The largest absolute Gasteiger partial charge is 0.481 e. The van der Waals surface area contributed by atoms with Crippen LogP contribution in [0.15, 0.2) is 29.2 Å². The number of benzene rings is 1. The second-order valence-electron chi connectivity index (χ2n) is 4.38. The summed E-state index contributed by atoms with van der Waals surface area (Å²) in [5.41, 5.74) is 0.806. The van der Waals surface area contributed by atoms with Crippen LogP contribution in [-0.2, 0) is 14.6 Å². The van der Waals surface area contributed by atoms with Crippen molar-refractivity contribution in [2.75, 3.05) is 11.5 Å². The van der Waals surface area contributed by atoms with Crippen molar-refractivity contribution in [1.82, 2.24) is 0 Å². The Morgan fingerprint density at radius 2 is 2.17 bits per heavy atom. The number of hydrogen-bond donors (Lipinski definition) is 1. The number of carboxylic acid groups (broad SMARTS) is 1. The first kappa shape index (κ1) is 13.4. The van der Waals surface area contributed by atoms with Gasteiger partial charge in [-0.15, -0.1) is 0 Å². The SMILES string of the molecule is CC(CSC1CS(=O)(=O)c2ccccc21)C(=O)O.